The number of sulfonamides is 1. The first-order valence-electron chi connectivity index (χ1n) is 5.87. The molecule has 17 heavy (non-hydrogen) atoms. The summed E-state index contributed by atoms with van der Waals surface area (Å²) in [6, 6.07) is -0.0646. The van der Waals surface area contributed by atoms with Crippen LogP contribution in [0.5, 0.6) is 0 Å². The highest BCUT2D eigenvalue weighted by molar-refractivity contribution is 7.88. The summed E-state index contributed by atoms with van der Waals surface area (Å²) in [5.41, 5.74) is -0.437. The molecule has 1 heterocycles. The Morgan fingerprint density at radius 3 is 2.41 bits per heavy atom. The highest BCUT2D eigenvalue weighted by atomic mass is 32.2. The van der Waals surface area contributed by atoms with Gasteiger partial charge in [0.25, 0.3) is 0 Å². The molecule has 0 aromatic carbocycles. The molecule has 1 amide bonds. The number of carbonyl (C=O) groups is 1. The molecule has 6 heteroatoms. The second kappa shape index (κ2) is 4.94. The fourth-order valence-corrected chi connectivity index (χ4v) is 2.67. The number of nitrogens with zero attached hydrogens (tertiary/aromatic N) is 1. The quantitative estimate of drug-likeness (QED) is 0.791. The first-order chi connectivity index (χ1) is 7.60. The molecule has 1 saturated heterocycles. The molecule has 1 unspecified atom stereocenters. The molecule has 1 rings (SSSR count). The molecule has 0 aliphatic carbocycles. The molecular weight excluding hydrogens is 240 g/mol. The van der Waals surface area contributed by atoms with Crippen LogP contribution in [0.3, 0.4) is 0 Å². The van der Waals surface area contributed by atoms with Crippen molar-refractivity contribution in [2.45, 2.75) is 39.7 Å². The molecule has 0 bridgehead atoms. The predicted octanol–water partition coefficient (Wildman–Crippen LogP) is 0.573. The van der Waals surface area contributed by atoms with Crippen LogP contribution in [-0.4, -0.2) is 44.0 Å². The zero-order valence-electron chi connectivity index (χ0n) is 11.0. The Bertz CT molecular complexity index is 384. The maximum Gasteiger partial charge on any atom is 0.225 e. The second-order valence-corrected chi connectivity index (χ2v) is 7.67. The third-order valence-electron chi connectivity index (χ3n) is 2.87. The van der Waals surface area contributed by atoms with Gasteiger partial charge < -0.3 is 5.32 Å². The lowest BCUT2D eigenvalue weighted by Gasteiger charge is -2.33. The number of hydrogen-bond donors (Lipinski definition) is 1. The van der Waals surface area contributed by atoms with Crippen molar-refractivity contribution in [3.63, 3.8) is 0 Å². The van der Waals surface area contributed by atoms with E-state index >= 15 is 0 Å². The van der Waals surface area contributed by atoms with Gasteiger partial charge in [-0.15, -0.1) is 0 Å². The molecule has 1 fully saturated rings. The number of carbonyl (C=O) groups excluding carboxylic acids is 1. The molecule has 1 aliphatic heterocycles. The summed E-state index contributed by atoms with van der Waals surface area (Å²) in [5, 5.41) is 2.92. The summed E-state index contributed by atoms with van der Waals surface area (Å²) in [7, 11) is -3.15. The lowest BCUT2D eigenvalue weighted by atomic mass is 9.94. The SMILES string of the molecule is CC(C)(C)C(=O)NC1CCCN(S(C)(=O)=O)C1. The van der Waals surface area contributed by atoms with E-state index in [1.165, 1.54) is 10.6 Å². The molecule has 0 spiro atoms. The van der Waals surface area contributed by atoms with E-state index in [1.807, 2.05) is 20.8 Å². The molecule has 0 aromatic heterocycles. The summed E-state index contributed by atoms with van der Waals surface area (Å²) in [6.45, 7) is 6.49. The highest BCUT2D eigenvalue weighted by Gasteiger charge is 2.29. The van der Waals surface area contributed by atoms with Gasteiger partial charge in [0.2, 0.25) is 15.9 Å². The summed E-state index contributed by atoms with van der Waals surface area (Å²) >= 11 is 0. The van der Waals surface area contributed by atoms with Crippen molar-refractivity contribution >= 4 is 15.9 Å². The Kier molecular flexibility index (Phi) is 4.19. The second-order valence-electron chi connectivity index (χ2n) is 5.68. The topological polar surface area (TPSA) is 66.5 Å². The molecule has 100 valence electrons. The van der Waals surface area contributed by atoms with E-state index in [1.54, 1.807) is 0 Å². The van der Waals surface area contributed by atoms with Crippen molar-refractivity contribution < 1.29 is 13.2 Å². The van der Waals surface area contributed by atoms with Gasteiger partial charge in [0.05, 0.1) is 6.26 Å². The monoisotopic (exact) mass is 262 g/mol. The van der Waals surface area contributed by atoms with Gasteiger partial charge in [0.1, 0.15) is 0 Å². The van der Waals surface area contributed by atoms with E-state index in [0.29, 0.717) is 13.1 Å². The molecule has 0 saturated carbocycles. The van der Waals surface area contributed by atoms with E-state index in [9.17, 15) is 13.2 Å². The normalized spacial score (nSPS) is 23.4. The average molecular weight is 262 g/mol. The van der Waals surface area contributed by atoms with E-state index in [0.717, 1.165) is 12.8 Å². The van der Waals surface area contributed by atoms with Crippen LogP contribution in [-0.2, 0) is 14.8 Å². The average Bonchev–Trinajstić information content (AvgIpc) is 2.15. The van der Waals surface area contributed by atoms with Crippen LogP contribution in [0.4, 0.5) is 0 Å². The Hall–Kier alpha value is -0.620. The Morgan fingerprint density at radius 2 is 1.94 bits per heavy atom. The predicted molar refractivity (Wildman–Crippen MR) is 67.0 cm³/mol. The van der Waals surface area contributed by atoms with Crippen LogP contribution in [0.1, 0.15) is 33.6 Å². The number of rotatable bonds is 2. The molecular formula is C11H22N2O3S. The van der Waals surface area contributed by atoms with Crippen molar-refractivity contribution in [1.29, 1.82) is 0 Å². The van der Waals surface area contributed by atoms with Gasteiger partial charge in [-0.1, -0.05) is 20.8 Å². The number of piperidine rings is 1. The zero-order valence-corrected chi connectivity index (χ0v) is 11.8. The minimum absolute atomic E-state index is 0.0298. The zero-order chi connectivity index (χ0) is 13.3. The van der Waals surface area contributed by atoms with Gasteiger partial charge >= 0.3 is 0 Å². The minimum atomic E-state index is -3.15. The maximum absolute atomic E-state index is 11.8. The van der Waals surface area contributed by atoms with E-state index in [2.05, 4.69) is 5.32 Å². The van der Waals surface area contributed by atoms with E-state index in [-0.39, 0.29) is 11.9 Å². The van der Waals surface area contributed by atoms with Crippen LogP contribution in [0.15, 0.2) is 0 Å². The van der Waals surface area contributed by atoms with E-state index in [4.69, 9.17) is 0 Å². The van der Waals surface area contributed by atoms with Crippen molar-refractivity contribution in [3.05, 3.63) is 0 Å². The summed E-state index contributed by atoms with van der Waals surface area (Å²) < 4.78 is 24.3. The molecule has 1 N–H and O–H groups in total. The molecule has 0 radical (unpaired) electrons. The molecule has 1 aliphatic rings. The van der Waals surface area contributed by atoms with Crippen molar-refractivity contribution in [2.24, 2.45) is 5.41 Å². The third-order valence-corrected chi connectivity index (χ3v) is 4.14. The van der Waals surface area contributed by atoms with Gasteiger partial charge in [-0.3, -0.25) is 4.79 Å². The van der Waals surface area contributed by atoms with Crippen molar-refractivity contribution in [3.8, 4) is 0 Å². The largest absolute Gasteiger partial charge is 0.352 e. The number of amides is 1. The van der Waals surface area contributed by atoms with Crippen LogP contribution < -0.4 is 5.32 Å². The highest BCUT2D eigenvalue weighted by Crippen LogP contribution is 2.17. The van der Waals surface area contributed by atoms with Crippen LogP contribution in [0.25, 0.3) is 0 Å². The molecule has 1 atom stereocenters. The fourth-order valence-electron chi connectivity index (χ4n) is 1.76. The molecule has 5 nitrogen and oxygen atoms in total. The Labute approximate surface area is 104 Å². The third kappa shape index (κ3) is 4.27. The van der Waals surface area contributed by atoms with Crippen LogP contribution in [0, 0.1) is 5.41 Å². The van der Waals surface area contributed by atoms with Gasteiger partial charge in [-0.2, -0.15) is 0 Å². The Morgan fingerprint density at radius 1 is 1.35 bits per heavy atom. The fraction of sp³-hybridized carbons (Fsp3) is 0.909. The lowest BCUT2D eigenvalue weighted by Crippen LogP contribution is -2.51. The number of nitrogens with one attached hydrogen (secondary N) is 1. The first kappa shape index (κ1) is 14.4. The standard InChI is InChI=1S/C11H22N2O3S/c1-11(2,3)10(14)12-9-6-5-7-13(8-9)17(4,15)16/h9H,5-8H2,1-4H3,(H,12,14). The van der Waals surface area contributed by atoms with Crippen molar-refractivity contribution in [1.82, 2.24) is 9.62 Å². The maximum atomic E-state index is 11.8. The van der Waals surface area contributed by atoms with E-state index < -0.39 is 15.4 Å². The lowest BCUT2D eigenvalue weighted by molar-refractivity contribution is -0.129. The van der Waals surface area contributed by atoms with Gasteiger partial charge in [0.15, 0.2) is 0 Å². The van der Waals surface area contributed by atoms with Crippen LogP contribution >= 0.6 is 0 Å². The van der Waals surface area contributed by atoms with Gasteiger partial charge in [-0.25, -0.2) is 12.7 Å². The van der Waals surface area contributed by atoms with Gasteiger partial charge in [-0.05, 0) is 12.8 Å². The first-order valence-corrected chi connectivity index (χ1v) is 7.71. The summed E-state index contributed by atoms with van der Waals surface area (Å²) in [5.74, 6) is -0.0298. The summed E-state index contributed by atoms with van der Waals surface area (Å²) in [4.78, 5) is 11.8. The van der Waals surface area contributed by atoms with Crippen LogP contribution in [0.2, 0.25) is 0 Å². The Balaban J connectivity index is 2.60. The van der Waals surface area contributed by atoms with Gasteiger partial charge in [0, 0.05) is 24.5 Å². The molecule has 0 aromatic rings. The number of hydrogen-bond acceptors (Lipinski definition) is 3. The summed E-state index contributed by atoms with van der Waals surface area (Å²) in [6.07, 6.45) is 2.84. The smallest absolute Gasteiger partial charge is 0.225 e. The van der Waals surface area contributed by atoms with Crippen molar-refractivity contribution in [2.75, 3.05) is 19.3 Å². The minimum Gasteiger partial charge on any atom is -0.352 e.